The van der Waals surface area contributed by atoms with Gasteiger partial charge in [-0.3, -0.25) is 0 Å². The van der Waals surface area contributed by atoms with Crippen LogP contribution < -0.4 is 9.64 Å². The van der Waals surface area contributed by atoms with Crippen LogP contribution in [0.1, 0.15) is 59.7 Å². The number of alkyl halides is 2. The number of esters is 1. The van der Waals surface area contributed by atoms with E-state index in [1.165, 1.54) is 30.6 Å². The Balaban J connectivity index is 1.05. The first-order valence-corrected chi connectivity index (χ1v) is 15.3. The number of methoxy groups -OCH3 is 1. The van der Waals surface area contributed by atoms with Crippen molar-refractivity contribution in [2.45, 2.75) is 57.3 Å². The third kappa shape index (κ3) is 5.58. The highest BCUT2D eigenvalue weighted by Gasteiger charge is 2.40. The van der Waals surface area contributed by atoms with E-state index in [1.54, 1.807) is 24.3 Å². The van der Waals surface area contributed by atoms with E-state index in [0.29, 0.717) is 27.8 Å². The van der Waals surface area contributed by atoms with Gasteiger partial charge >= 0.3 is 12.6 Å². The fraction of sp³-hybridized carbons (Fsp3) is 0.452. The molecule has 0 amide bonds. The molecule has 3 atom stereocenters. The molecule has 1 saturated heterocycles. The zero-order valence-corrected chi connectivity index (χ0v) is 24.2. The summed E-state index contributed by atoms with van der Waals surface area (Å²) in [6.45, 7) is -1.04. The molecule has 0 bridgehead atoms. The number of carbonyl (C=O) groups is 1. The van der Waals surface area contributed by atoms with Crippen LogP contribution in [-0.4, -0.2) is 49.0 Å². The largest absolute Gasteiger partial charge is 0.465 e. The topological polar surface area (TPSA) is 86.9 Å². The van der Waals surface area contributed by atoms with E-state index < -0.39 is 18.4 Å². The first-order chi connectivity index (χ1) is 20.9. The molecule has 0 unspecified atom stereocenters. The van der Waals surface area contributed by atoms with E-state index in [9.17, 15) is 18.0 Å². The molecule has 8 nitrogen and oxygen atoms in total. The number of hydrogen-bond donors (Lipinski definition) is 0. The van der Waals surface area contributed by atoms with Gasteiger partial charge in [-0.25, -0.2) is 14.2 Å². The second kappa shape index (κ2) is 11.5. The summed E-state index contributed by atoms with van der Waals surface area (Å²) in [5.74, 6) is 0.845. The number of aromatic nitrogens is 2. The molecule has 3 aliphatic rings. The van der Waals surface area contributed by atoms with Crippen LogP contribution in [0, 0.1) is 17.7 Å². The standard InChI is InChI=1S/C31H30F3N3O5S/c1-39-29(38)18-11-23(32)27-25(12-18)43-31(35-27)37-13-17-8-9-20(10-19(17)14-37)40-15-22-26(36-42-28(22)16-6-7-16)21-4-2-3-5-24(21)41-30(33)34/h2-5,11-12,16-17,19-20,30H,6-10,13-15H2,1H3/t17-,19+,20+/m1/s1. The van der Waals surface area contributed by atoms with Gasteiger partial charge in [0.15, 0.2) is 10.9 Å². The number of nitrogens with zero attached hydrogens (tertiary/aromatic N) is 3. The van der Waals surface area contributed by atoms with Gasteiger partial charge < -0.3 is 23.6 Å². The van der Waals surface area contributed by atoms with Crippen LogP contribution in [0.25, 0.3) is 21.5 Å². The monoisotopic (exact) mass is 613 g/mol. The number of anilines is 1. The molecule has 2 aromatic carbocycles. The highest BCUT2D eigenvalue weighted by atomic mass is 32.1. The molecule has 0 radical (unpaired) electrons. The molecule has 1 aliphatic heterocycles. The number of fused-ring (bicyclic) bond motifs is 2. The lowest BCUT2D eigenvalue weighted by atomic mass is 9.80. The first-order valence-electron chi connectivity index (χ1n) is 14.5. The van der Waals surface area contributed by atoms with E-state index in [1.807, 2.05) is 0 Å². The van der Waals surface area contributed by atoms with E-state index in [-0.39, 0.29) is 35.5 Å². The third-order valence-electron chi connectivity index (χ3n) is 8.72. The summed E-state index contributed by atoms with van der Waals surface area (Å²) in [7, 11) is 1.27. The average molecular weight is 614 g/mol. The molecule has 0 spiro atoms. The molecule has 7 rings (SSSR count). The number of ether oxygens (including phenoxy) is 3. The van der Waals surface area contributed by atoms with Crippen molar-refractivity contribution in [2.24, 2.45) is 11.8 Å². The quantitative estimate of drug-likeness (QED) is 0.184. The Bertz CT molecular complexity index is 1650. The summed E-state index contributed by atoms with van der Waals surface area (Å²) in [5, 5.41) is 5.02. The van der Waals surface area contributed by atoms with Crippen LogP contribution in [0.5, 0.6) is 5.75 Å². The van der Waals surface area contributed by atoms with Crippen molar-refractivity contribution in [2.75, 3.05) is 25.1 Å². The van der Waals surface area contributed by atoms with Crippen molar-refractivity contribution in [1.82, 2.24) is 10.1 Å². The molecule has 4 aromatic rings. The van der Waals surface area contributed by atoms with Gasteiger partial charge in [0.25, 0.3) is 0 Å². The molecule has 2 aromatic heterocycles. The van der Waals surface area contributed by atoms with Crippen LogP contribution in [0.3, 0.4) is 0 Å². The summed E-state index contributed by atoms with van der Waals surface area (Å²) in [6.07, 6.45) is 4.79. The Hall–Kier alpha value is -3.64. The van der Waals surface area contributed by atoms with Crippen LogP contribution in [0.4, 0.5) is 18.3 Å². The highest BCUT2D eigenvalue weighted by molar-refractivity contribution is 7.22. The van der Waals surface area contributed by atoms with Gasteiger partial charge in [-0.05, 0) is 68.2 Å². The summed E-state index contributed by atoms with van der Waals surface area (Å²) < 4.78 is 63.3. The lowest BCUT2D eigenvalue weighted by molar-refractivity contribution is -0.0494. The summed E-state index contributed by atoms with van der Waals surface area (Å²) in [5.41, 5.74) is 2.17. The minimum absolute atomic E-state index is 0.0268. The van der Waals surface area contributed by atoms with E-state index >= 15 is 0 Å². The molecule has 12 heteroatoms. The molecular weight excluding hydrogens is 583 g/mol. The smallest absolute Gasteiger partial charge is 0.387 e. The van der Waals surface area contributed by atoms with Crippen molar-refractivity contribution in [1.29, 1.82) is 0 Å². The van der Waals surface area contributed by atoms with Crippen LogP contribution in [0.2, 0.25) is 0 Å². The Kier molecular flexibility index (Phi) is 7.50. The Morgan fingerprint density at radius 2 is 1.95 bits per heavy atom. The highest BCUT2D eigenvalue weighted by Crippen LogP contribution is 2.46. The molecular formula is C31H30F3N3O5S. The number of carbonyl (C=O) groups excluding carboxylic acids is 1. The van der Waals surface area contributed by atoms with Crippen molar-refractivity contribution in [3.05, 3.63) is 59.1 Å². The number of benzene rings is 2. The van der Waals surface area contributed by atoms with Gasteiger partial charge in [-0.2, -0.15) is 8.78 Å². The van der Waals surface area contributed by atoms with Gasteiger partial charge in [-0.1, -0.05) is 28.6 Å². The number of hydrogen-bond acceptors (Lipinski definition) is 9. The predicted molar refractivity (Wildman–Crippen MR) is 153 cm³/mol. The molecule has 3 fully saturated rings. The van der Waals surface area contributed by atoms with Crippen molar-refractivity contribution >= 4 is 32.7 Å². The second-order valence-corrected chi connectivity index (χ2v) is 12.5. The maximum atomic E-state index is 14.7. The predicted octanol–water partition coefficient (Wildman–Crippen LogP) is 7.18. The lowest BCUT2D eigenvalue weighted by Crippen LogP contribution is -2.28. The van der Waals surface area contributed by atoms with Gasteiger partial charge in [0.2, 0.25) is 0 Å². The fourth-order valence-corrected chi connectivity index (χ4v) is 7.48. The molecule has 0 N–H and O–H groups in total. The van der Waals surface area contributed by atoms with E-state index in [4.69, 9.17) is 18.7 Å². The zero-order valence-electron chi connectivity index (χ0n) is 23.4. The summed E-state index contributed by atoms with van der Waals surface area (Å²) >= 11 is 1.38. The minimum atomic E-state index is -2.95. The third-order valence-corrected chi connectivity index (χ3v) is 9.78. The lowest BCUT2D eigenvalue weighted by Gasteiger charge is -2.30. The van der Waals surface area contributed by atoms with Crippen molar-refractivity contribution < 1.29 is 36.7 Å². The van der Waals surface area contributed by atoms with E-state index in [0.717, 1.165) is 61.6 Å². The van der Waals surface area contributed by atoms with Crippen LogP contribution in [-0.2, 0) is 16.1 Å². The molecule has 2 aliphatic carbocycles. The summed E-state index contributed by atoms with van der Waals surface area (Å²) in [4.78, 5) is 18.7. The Labute approximate surface area is 249 Å². The average Bonchev–Trinajstić information content (AvgIpc) is 3.40. The zero-order chi connectivity index (χ0) is 29.7. The fourth-order valence-electron chi connectivity index (χ4n) is 6.45. The molecule has 2 saturated carbocycles. The minimum Gasteiger partial charge on any atom is -0.465 e. The maximum absolute atomic E-state index is 14.7. The first kappa shape index (κ1) is 28.1. The van der Waals surface area contributed by atoms with Crippen molar-refractivity contribution in [3.8, 4) is 17.0 Å². The van der Waals surface area contributed by atoms with Gasteiger partial charge in [0.05, 0.1) is 30.1 Å². The molecule has 226 valence electrons. The normalized spacial score (nSPS) is 21.9. The Morgan fingerprint density at radius 1 is 1.14 bits per heavy atom. The molecule has 3 heterocycles. The summed E-state index contributed by atoms with van der Waals surface area (Å²) in [6, 6.07) is 9.41. The Morgan fingerprint density at radius 3 is 2.74 bits per heavy atom. The van der Waals surface area contributed by atoms with Crippen molar-refractivity contribution in [3.63, 3.8) is 0 Å². The van der Waals surface area contributed by atoms with Gasteiger partial charge in [0, 0.05) is 30.1 Å². The number of thiazole rings is 1. The number of para-hydroxylation sites is 1. The van der Waals surface area contributed by atoms with Gasteiger partial charge in [0.1, 0.15) is 22.7 Å². The van der Waals surface area contributed by atoms with Gasteiger partial charge in [-0.15, -0.1) is 0 Å². The molecule has 43 heavy (non-hydrogen) atoms. The number of halogens is 3. The second-order valence-electron chi connectivity index (χ2n) is 11.5. The number of rotatable bonds is 9. The van der Waals surface area contributed by atoms with E-state index in [2.05, 4.69) is 15.0 Å². The SMILES string of the molecule is COC(=O)c1cc(F)c2nc(N3C[C@H]4CC[C@H](OCc5c(-c6ccccc6OC(F)F)noc5C5CC5)C[C@H]4C3)sc2c1. The van der Waals surface area contributed by atoms with Crippen LogP contribution >= 0.6 is 11.3 Å². The maximum Gasteiger partial charge on any atom is 0.387 e. The van der Waals surface area contributed by atoms with Crippen LogP contribution in [0.15, 0.2) is 40.9 Å².